The predicted molar refractivity (Wildman–Crippen MR) is 83.9 cm³/mol. The number of halogens is 1. The first-order chi connectivity index (χ1) is 10.8. The third-order valence-corrected chi connectivity index (χ3v) is 3.85. The largest absolute Gasteiger partial charge is 0.353 e. The van der Waals surface area contributed by atoms with Gasteiger partial charge in [-0.1, -0.05) is 18.2 Å². The molecule has 0 spiro atoms. The molecule has 0 amide bonds. The lowest BCUT2D eigenvalue weighted by molar-refractivity contribution is 0.246. The molecule has 0 bridgehead atoms. The number of nitrogens with zero attached hydrogens (tertiary/aromatic N) is 4. The SMILES string of the molecule is C#Cc1ccc(N2CCN(Cc3ccccc3F)CC2)nn1. The Morgan fingerprint density at radius 1 is 1.05 bits per heavy atom. The number of hydrogen-bond donors (Lipinski definition) is 0. The second-order valence-corrected chi connectivity index (χ2v) is 5.28. The van der Waals surface area contributed by atoms with E-state index in [0.717, 1.165) is 37.6 Å². The highest BCUT2D eigenvalue weighted by atomic mass is 19.1. The van der Waals surface area contributed by atoms with Gasteiger partial charge >= 0.3 is 0 Å². The molecule has 0 saturated carbocycles. The first kappa shape index (κ1) is 14.5. The summed E-state index contributed by atoms with van der Waals surface area (Å²) in [5.74, 6) is 3.16. The van der Waals surface area contributed by atoms with E-state index in [1.807, 2.05) is 18.2 Å². The topological polar surface area (TPSA) is 32.3 Å². The standard InChI is InChI=1S/C17H17FN4/c1-2-15-7-8-17(20-19-15)22-11-9-21(10-12-22)13-14-5-3-4-6-16(14)18/h1,3-8H,9-13H2. The Morgan fingerprint density at radius 2 is 1.82 bits per heavy atom. The highest BCUT2D eigenvalue weighted by Crippen LogP contribution is 2.15. The molecule has 0 atom stereocenters. The van der Waals surface area contributed by atoms with E-state index < -0.39 is 0 Å². The second-order valence-electron chi connectivity index (χ2n) is 5.28. The molecule has 1 saturated heterocycles. The fraction of sp³-hybridized carbons (Fsp3) is 0.294. The smallest absolute Gasteiger partial charge is 0.151 e. The van der Waals surface area contributed by atoms with Crippen molar-refractivity contribution >= 4 is 5.82 Å². The van der Waals surface area contributed by atoms with Gasteiger partial charge in [0.15, 0.2) is 5.82 Å². The van der Waals surface area contributed by atoms with Crippen molar-refractivity contribution in [2.75, 3.05) is 31.1 Å². The zero-order valence-corrected chi connectivity index (χ0v) is 12.2. The molecule has 1 aromatic heterocycles. The van der Waals surface area contributed by atoms with Gasteiger partial charge in [0.1, 0.15) is 11.5 Å². The molecule has 0 N–H and O–H groups in total. The van der Waals surface area contributed by atoms with Gasteiger partial charge in [0, 0.05) is 38.3 Å². The van der Waals surface area contributed by atoms with Crippen LogP contribution in [0, 0.1) is 18.2 Å². The molecule has 2 heterocycles. The Kier molecular flexibility index (Phi) is 4.31. The molecule has 1 aliphatic rings. The van der Waals surface area contributed by atoms with Crippen molar-refractivity contribution in [3.8, 4) is 12.3 Å². The van der Waals surface area contributed by atoms with Gasteiger partial charge in [-0.2, -0.15) is 0 Å². The Balaban J connectivity index is 1.58. The first-order valence-electron chi connectivity index (χ1n) is 7.27. The Hall–Kier alpha value is -2.45. The average molecular weight is 296 g/mol. The van der Waals surface area contributed by atoms with Crippen LogP contribution >= 0.6 is 0 Å². The molecule has 112 valence electrons. The molecule has 3 rings (SSSR count). The Bertz CT molecular complexity index is 670. The normalized spacial score (nSPS) is 15.5. The maximum atomic E-state index is 13.7. The summed E-state index contributed by atoms with van der Waals surface area (Å²) in [5, 5.41) is 8.13. The maximum Gasteiger partial charge on any atom is 0.151 e. The van der Waals surface area contributed by atoms with Crippen molar-refractivity contribution in [3.63, 3.8) is 0 Å². The lowest BCUT2D eigenvalue weighted by Crippen LogP contribution is -2.46. The molecule has 0 aliphatic carbocycles. The minimum Gasteiger partial charge on any atom is -0.353 e. The van der Waals surface area contributed by atoms with Crippen molar-refractivity contribution in [2.45, 2.75) is 6.54 Å². The molecule has 1 aliphatic heterocycles. The fourth-order valence-electron chi connectivity index (χ4n) is 2.57. The molecule has 5 heteroatoms. The van der Waals surface area contributed by atoms with E-state index in [9.17, 15) is 4.39 Å². The molecule has 1 fully saturated rings. The van der Waals surface area contributed by atoms with Gasteiger partial charge < -0.3 is 4.90 Å². The Labute approximate surface area is 129 Å². The molecule has 0 unspecified atom stereocenters. The van der Waals surface area contributed by atoms with E-state index in [1.165, 1.54) is 6.07 Å². The molecule has 0 radical (unpaired) electrons. The van der Waals surface area contributed by atoms with E-state index in [4.69, 9.17) is 6.42 Å². The van der Waals surface area contributed by atoms with Crippen molar-refractivity contribution < 1.29 is 4.39 Å². The van der Waals surface area contributed by atoms with Gasteiger partial charge in [0.05, 0.1) is 0 Å². The van der Waals surface area contributed by atoms with Crippen LogP contribution < -0.4 is 4.90 Å². The summed E-state index contributed by atoms with van der Waals surface area (Å²) in [5.41, 5.74) is 1.29. The second kappa shape index (κ2) is 6.54. The zero-order valence-electron chi connectivity index (χ0n) is 12.2. The fourth-order valence-corrected chi connectivity index (χ4v) is 2.57. The average Bonchev–Trinajstić information content (AvgIpc) is 2.58. The monoisotopic (exact) mass is 296 g/mol. The molecular weight excluding hydrogens is 279 g/mol. The van der Waals surface area contributed by atoms with Crippen LogP contribution in [0.5, 0.6) is 0 Å². The lowest BCUT2D eigenvalue weighted by atomic mass is 10.2. The molecule has 2 aromatic rings. The maximum absolute atomic E-state index is 13.7. The van der Waals surface area contributed by atoms with E-state index >= 15 is 0 Å². The highest BCUT2D eigenvalue weighted by Gasteiger charge is 2.19. The third-order valence-electron chi connectivity index (χ3n) is 3.85. The minimum absolute atomic E-state index is 0.138. The van der Waals surface area contributed by atoms with Gasteiger partial charge in [-0.25, -0.2) is 4.39 Å². The highest BCUT2D eigenvalue weighted by molar-refractivity contribution is 5.40. The van der Waals surface area contributed by atoms with Crippen molar-refractivity contribution in [1.82, 2.24) is 15.1 Å². The van der Waals surface area contributed by atoms with E-state index in [0.29, 0.717) is 12.2 Å². The number of benzene rings is 1. The van der Waals surface area contributed by atoms with Crippen molar-refractivity contribution in [3.05, 3.63) is 53.5 Å². The van der Waals surface area contributed by atoms with E-state index in [2.05, 4.69) is 25.9 Å². The summed E-state index contributed by atoms with van der Waals surface area (Å²) in [4.78, 5) is 4.42. The van der Waals surface area contributed by atoms with Gasteiger partial charge in [-0.3, -0.25) is 4.90 Å². The number of hydrogen-bond acceptors (Lipinski definition) is 4. The molecule has 1 aromatic carbocycles. The van der Waals surface area contributed by atoms with Gasteiger partial charge in [-0.15, -0.1) is 16.6 Å². The van der Waals surface area contributed by atoms with Crippen LogP contribution in [0.15, 0.2) is 36.4 Å². The summed E-state index contributed by atoms with van der Waals surface area (Å²) >= 11 is 0. The number of anilines is 1. The van der Waals surface area contributed by atoms with Crippen LogP contribution in [0.3, 0.4) is 0 Å². The zero-order chi connectivity index (χ0) is 15.4. The summed E-state index contributed by atoms with van der Waals surface area (Å²) in [6.45, 7) is 4.07. The van der Waals surface area contributed by atoms with Crippen LogP contribution in [0.2, 0.25) is 0 Å². The number of piperazine rings is 1. The van der Waals surface area contributed by atoms with Crippen molar-refractivity contribution in [2.24, 2.45) is 0 Å². The van der Waals surface area contributed by atoms with Crippen LogP contribution in [0.1, 0.15) is 11.3 Å². The number of terminal acetylenes is 1. The van der Waals surface area contributed by atoms with E-state index in [1.54, 1.807) is 12.1 Å². The van der Waals surface area contributed by atoms with Crippen LogP contribution in [0.4, 0.5) is 10.2 Å². The van der Waals surface area contributed by atoms with Crippen LogP contribution in [0.25, 0.3) is 0 Å². The minimum atomic E-state index is -0.138. The summed E-state index contributed by atoms with van der Waals surface area (Å²) < 4.78 is 13.7. The van der Waals surface area contributed by atoms with Crippen LogP contribution in [-0.2, 0) is 6.54 Å². The first-order valence-corrected chi connectivity index (χ1v) is 7.27. The summed E-state index contributed by atoms with van der Waals surface area (Å²) in [6.07, 6.45) is 5.28. The third kappa shape index (κ3) is 3.23. The van der Waals surface area contributed by atoms with E-state index in [-0.39, 0.29) is 5.82 Å². The lowest BCUT2D eigenvalue weighted by Gasteiger charge is -2.35. The summed E-state index contributed by atoms with van der Waals surface area (Å²) in [7, 11) is 0. The molecule has 4 nitrogen and oxygen atoms in total. The predicted octanol–water partition coefficient (Wildman–Crippen LogP) is 1.92. The van der Waals surface area contributed by atoms with Gasteiger partial charge in [0.2, 0.25) is 0 Å². The summed E-state index contributed by atoms with van der Waals surface area (Å²) in [6, 6.07) is 10.6. The van der Waals surface area contributed by atoms with Crippen molar-refractivity contribution in [1.29, 1.82) is 0 Å². The van der Waals surface area contributed by atoms with Gasteiger partial charge in [-0.05, 0) is 24.1 Å². The quantitative estimate of drug-likeness (QED) is 0.810. The molecular formula is C17H17FN4. The van der Waals surface area contributed by atoms with Gasteiger partial charge in [0.25, 0.3) is 0 Å². The number of aromatic nitrogens is 2. The number of rotatable bonds is 3. The molecule has 22 heavy (non-hydrogen) atoms. The van der Waals surface area contributed by atoms with Crippen LogP contribution in [-0.4, -0.2) is 41.3 Å². The Morgan fingerprint density at radius 3 is 2.45 bits per heavy atom.